The molecule has 0 aliphatic heterocycles. The zero-order chi connectivity index (χ0) is 7.40. The van der Waals surface area contributed by atoms with Crippen LogP contribution in [0.25, 0.3) is 0 Å². The van der Waals surface area contributed by atoms with Gasteiger partial charge in [0.1, 0.15) is 0 Å². The highest BCUT2D eigenvalue weighted by Gasteiger charge is 2.25. The summed E-state index contributed by atoms with van der Waals surface area (Å²) in [6.07, 6.45) is 2.50. The van der Waals surface area contributed by atoms with Crippen LogP contribution in [0.3, 0.4) is 0 Å². The number of aliphatic hydroxyl groups is 2. The number of hydrogen-bond acceptors (Lipinski definition) is 3. The van der Waals surface area contributed by atoms with Crippen molar-refractivity contribution in [3.05, 3.63) is 0 Å². The second-order valence-corrected chi connectivity index (χ2v) is 2.85. The van der Waals surface area contributed by atoms with Crippen molar-refractivity contribution in [1.29, 1.82) is 0 Å². The second-order valence-electron chi connectivity index (χ2n) is 2.85. The molecule has 1 saturated carbocycles. The Labute approximate surface area is 61.1 Å². The summed E-state index contributed by atoms with van der Waals surface area (Å²) in [7, 11) is 0. The molecule has 0 unspecified atom stereocenters. The molecule has 0 radical (unpaired) electrons. The summed E-state index contributed by atoms with van der Waals surface area (Å²) in [5, 5.41) is 20.5. The fourth-order valence-electron chi connectivity index (χ4n) is 1.14. The molecule has 0 bridgehead atoms. The van der Waals surface area contributed by atoms with E-state index in [0.29, 0.717) is 6.04 Å². The Kier molecular flexibility index (Phi) is 3.12. The number of rotatable bonds is 4. The molecule has 0 saturated heterocycles. The predicted molar refractivity (Wildman–Crippen MR) is 38.7 cm³/mol. The molecule has 1 aliphatic carbocycles. The third-order valence-corrected chi connectivity index (χ3v) is 1.88. The van der Waals surface area contributed by atoms with Gasteiger partial charge in [0.05, 0.1) is 6.10 Å². The average Bonchev–Trinajstić information content (AvgIpc) is 1.85. The van der Waals surface area contributed by atoms with Gasteiger partial charge in [-0.25, -0.2) is 0 Å². The van der Waals surface area contributed by atoms with E-state index in [1.165, 1.54) is 0 Å². The lowest BCUT2D eigenvalue weighted by molar-refractivity contribution is 0.0621. The van der Waals surface area contributed by atoms with Gasteiger partial charge >= 0.3 is 0 Å². The smallest absolute Gasteiger partial charge is 0.0570 e. The molecule has 3 heteroatoms. The van der Waals surface area contributed by atoms with E-state index in [4.69, 9.17) is 10.2 Å². The summed E-state index contributed by atoms with van der Waals surface area (Å²) in [4.78, 5) is 0. The van der Waals surface area contributed by atoms with Crippen LogP contribution in [0.5, 0.6) is 0 Å². The lowest BCUT2D eigenvalue weighted by Crippen LogP contribution is -2.44. The van der Waals surface area contributed by atoms with Crippen LogP contribution in [0.2, 0.25) is 0 Å². The summed E-state index contributed by atoms with van der Waals surface area (Å²) < 4.78 is 0. The zero-order valence-electron chi connectivity index (χ0n) is 6.08. The van der Waals surface area contributed by atoms with E-state index in [1.54, 1.807) is 0 Å². The van der Waals surface area contributed by atoms with Crippen molar-refractivity contribution in [1.82, 2.24) is 5.32 Å². The first-order chi connectivity index (χ1) is 4.83. The lowest BCUT2D eigenvalue weighted by atomic mass is 9.89. The van der Waals surface area contributed by atoms with Crippen LogP contribution in [0, 0.1) is 0 Å². The van der Waals surface area contributed by atoms with Crippen LogP contribution in [0.1, 0.15) is 19.3 Å². The average molecular weight is 145 g/mol. The number of hydrogen-bond donors (Lipinski definition) is 3. The predicted octanol–water partition coefficient (Wildman–Crippen LogP) is -0.518. The summed E-state index contributed by atoms with van der Waals surface area (Å²) >= 11 is 0. The summed E-state index contributed by atoms with van der Waals surface area (Å²) in [6, 6.07) is 0.501. The highest BCUT2D eigenvalue weighted by molar-refractivity contribution is 4.84. The third-order valence-electron chi connectivity index (χ3n) is 1.88. The molecule has 0 amide bonds. The van der Waals surface area contributed by atoms with E-state index in [9.17, 15) is 0 Å². The SMILES string of the molecule is OCCCNC1CC(O)C1. The van der Waals surface area contributed by atoms with E-state index in [1.807, 2.05) is 0 Å². The molecule has 60 valence electrons. The van der Waals surface area contributed by atoms with E-state index < -0.39 is 0 Å². The van der Waals surface area contributed by atoms with Gasteiger partial charge in [0.2, 0.25) is 0 Å². The monoisotopic (exact) mass is 145 g/mol. The van der Waals surface area contributed by atoms with Gasteiger partial charge in [0, 0.05) is 12.6 Å². The quantitative estimate of drug-likeness (QED) is 0.467. The molecule has 0 aromatic rings. The van der Waals surface area contributed by atoms with Crippen LogP contribution in [-0.4, -0.2) is 35.5 Å². The molecular weight excluding hydrogens is 130 g/mol. The first kappa shape index (κ1) is 7.98. The van der Waals surface area contributed by atoms with Crippen LogP contribution in [-0.2, 0) is 0 Å². The van der Waals surface area contributed by atoms with Crippen molar-refractivity contribution in [3.63, 3.8) is 0 Å². The van der Waals surface area contributed by atoms with Crippen molar-refractivity contribution in [2.24, 2.45) is 0 Å². The molecule has 0 atom stereocenters. The molecule has 0 aromatic heterocycles. The zero-order valence-corrected chi connectivity index (χ0v) is 6.08. The van der Waals surface area contributed by atoms with Gasteiger partial charge in [0.15, 0.2) is 0 Å². The normalized spacial score (nSPS) is 31.8. The van der Waals surface area contributed by atoms with Crippen LogP contribution < -0.4 is 5.32 Å². The molecular formula is C7H15NO2. The third kappa shape index (κ3) is 2.25. The molecule has 10 heavy (non-hydrogen) atoms. The van der Waals surface area contributed by atoms with E-state index in [0.717, 1.165) is 25.8 Å². The lowest BCUT2D eigenvalue weighted by Gasteiger charge is -2.32. The van der Waals surface area contributed by atoms with Crippen LogP contribution in [0.4, 0.5) is 0 Å². The maximum Gasteiger partial charge on any atom is 0.0570 e. The van der Waals surface area contributed by atoms with Gasteiger partial charge in [-0.3, -0.25) is 0 Å². The maximum absolute atomic E-state index is 8.89. The Morgan fingerprint density at radius 2 is 2.10 bits per heavy atom. The molecule has 1 rings (SSSR count). The Balaban J connectivity index is 1.86. The van der Waals surface area contributed by atoms with Crippen LogP contribution in [0.15, 0.2) is 0 Å². The maximum atomic E-state index is 8.89. The van der Waals surface area contributed by atoms with Gasteiger partial charge in [-0.1, -0.05) is 0 Å². The van der Waals surface area contributed by atoms with E-state index in [2.05, 4.69) is 5.32 Å². The molecule has 0 spiro atoms. The number of nitrogens with one attached hydrogen (secondary N) is 1. The number of aliphatic hydroxyl groups excluding tert-OH is 2. The highest BCUT2D eigenvalue weighted by Crippen LogP contribution is 2.18. The van der Waals surface area contributed by atoms with E-state index >= 15 is 0 Å². The van der Waals surface area contributed by atoms with Crippen LogP contribution >= 0.6 is 0 Å². The summed E-state index contributed by atoms with van der Waals surface area (Å²) in [5.74, 6) is 0. The van der Waals surface area contributed by atoms with Gasteiger partial charge in [-0.05, 0) is 25.8 Å². The van der Waals surface area contributed by atoms with Gasteiger partial charge in [-0.15, -0.1) is 0 Å². The minimum absolute atomic E-state index is 0.0772. The van der Waals surface area contributed by atoms with Crippen molar-refractivity contribution < 1.29 is 10.2 Å². The largest absolute Gasteiger partial charge is 0.396 e. The van der Waals surface area contributed by atoms with Crippen molar-refractivity contribution >= 4 is 0 Å². The highest BCUT2D eigenvalue weighted by atomic mass is 16.3. The van der Waals surface area contributed by atoms with Crippen molar-refractivity contribution in [2.45, 2.75) is 31.4 Å². The minimum Gasteiger partial charge on any atom is -0.396 e. The van der Waals surface area contributed by atoms with Gasteiger partial charge < -0.3 is 15.5 Å². The van der Waals surface area contributed by atoms with Crippen molar-refractivity contribution in [2.75, 3.05) is 13.2 Å². The Bertz CT molecular complexity index is 91.6. The summed E-state index contributed by atoms with van der Waals surface area (Å²) in [5.41, 5.74) is 0. The molecule has 1 fully saturated rings. The molecule has 3 nitrogen and oxygen atoms in total. The Hall–Kier alpha value is -0.120. The van der Waals surface area contributed by atoms with Crippen molar-refractivity contribution in [3.8, 4) is 0 Å². The topological polar surface area (TPSA) is 52.5 Å². The Morgan fingerprint density at radius 3 is 2.60 bits per heavy atom. The minimum atomic E-state index is -0.0772. The first-order valence-electron chi connectivity index (χ1n) is 3.85. The second kappa shape index (κ2) is 3.91. The van der Waals surface area contributed by atoms with Gasteiger partial charge in [0.25, 0.3) is 0 Å². The van der Waals surface area contributed by atoms with E-state index in [-0.39, 0.29) is 12.7 Å². The molecule has 3 N–H and O–H groups in total. The first-order valence-corrected chi connectivity index (χ1v) is 3.85. The Morgan fingerprint density at radius 1 is 1.40 bits per heavy atom. The summed E-state index contributed by atoms with van der Waals surface area (Å²) in [6.45, 7) is 1.12. The van der Waals surface area contributed by atoms with Gasteiger partial charge in [-0.2, -0.15) is 0 Å². The standard InChI is InChI=1S/C7H15NO2/c9-3-1-2-8-6-4-7(10)5-6/h6-10H,1-5H2. The fourth-order valence-corrected chi connectivity index (χ4v) is 1.14. The fraction of sp³-hybridized carbons (Fsp3) is 1.00. The molecule has 0 aromatic carbocycles. The molecule has 0 heterocycles. The molecule has 1 aliphatic rings.